The molecular formula is C17H15ClF2N2O3. The van der Waals surface area contributed by atoms with E-state index in [2.05, 4.69) is 15.4 Å². The van der Waals surface area contributed by atoms with Crippen molar-refractivity contribution in [3.63, 3.8) is 0 Å². The van der Waals surface area contributed by atoms with Gasteiger partial charge in [-0.3, -0.25) is 4.79 Å². The lowest BCUT2D eigenvalue weighted by Crippen LogP contribution is -2.18. The van der Waals surface area contributed by atoms with Crippen LogP contribution in [-0.4, -0.2) is 25.5 Å². The monoisotopic (exact) mass is 368 g/mol. The summed E-state index contributed by atoms with van der Waals surface area (Å²) in [7, 11) is 1.26. The first-order valence-corrected chi connectivity index (χ1v) is 7.65. The van der Waals surface area contributed by atoms with Gasteiger partial charge < -0.3 is 15.4 Å². The summed E-state index contributed by atoms with van der Waals surface area (Å²) >= 11 is 6.02. The van der Waals surface area contributed by atoms with Crippen molar-refractivity contribution in [2.75, 3.05) is 24.3 Å². The van der Waals surface area contributed by atoms with Gasteiger partial charge in [0.15, 0.2) is 0 Å². The van der Waals surface area contributed by atoms with Crippen molar-refractivity contribution in [2.45, 2.75) is 6.42 Å². The molecule has 25 heavy (non-hydrogen) atoms. The van der Waals surface area contributed by atoms with Crippen LogP contribution in [0.25, 0.3) is 0 Å². The molecule has 0 aromatic heterocycles. The zero-order valence-electron chi connectivity index (χ0n) is 13.2. The normalized spacial score (nSPS) is 10.2. The summed E-state index contributed by atoms with van der Waals surface area (Å²) in [4.78, 5) is 23.3. The second-order valence-electron chi connectivity index (χ2n) is 5.01. The molecule has 0 unspecified atom stereocenters. The van der Waals surface area contributed by atoms with Crippen molar-refractivity contribution < 1.29 is 23.1 Å². The molecular weight excluding hydrogens is 354 g/mol. The quantitative estimate of drug-likeness (QED) is 0.760. The van der Waals surface area contributed by atoms with Gasteiger partial charge in [-0.25, -0.2) is 13.6 Å². The number of anilines is 2. The Morgan fingerprint density at radius 2 is 1.84 bits per heavy atom. The largest absolute Gasteiger partial charge is 0.465 e. The highest BCUT2D eigenvalue weighted by Gasteiger charge is 2.12. The minimum atomic E-state index is -0.852. The minimum Gasteiger partial charge on any atom is -0.465 e. The van der Waals surface area contributed by atoms with Crippen molar-refractivity contribution in [3.8, 4) is 0 Å². The van der Waals surface area contributed by atoms with E-state index in [0.717, 1.165) is 12.1 Å². The number of amides is 1. The van der Waals surface area contributed by atoms with Crippen molar-refractivity contribution in [1.29, 1.82) is 0 Å². The second kappa shape index (κ2) is 8.43. The molecule has 2 aromatic rings. The van der Waals surface area contributed by atoms with Gasteiger partial charge in [-0.2, -0.15) is 0 Å². The Morgan fingerprint density at radius 3 is 2.48 bits per heavy atom. The molecule has 0 aliphatic carbocycles. The molecule has 0 spiro atoms. The minimum absolute atomic E-state index is 0.0629. The van der Waals surface area contributed by atoms with Crippen LogP contribution < -0.4 is 10.6 Å². The van der Waals surface area contributed by atoms with Crippen molar-refractivity contribution in [2.24, 2.45) is 0 Å². The molecule has 2 N–H and O–H groups in total. The Bertz CT molecular complexity index is 779. The molecule has 0 heterocycles. The number of hydrogen-bond acceptors (Lipinski definition) is 4. The standard InChI is InChI=1S/C17H15ClF2N2O3/c1-25-17(24)10-5-6-11(18)14(9-10)21-8-7-15(23)22-16-12(19)3-2-4-13(16)20/h2-6,9,21H,7-8H2,1H3,(H,22,23). The summed E-state index contributed by atoms with van der Waals surface area (Å²) in [6.07, 6.45) is -0.0629. The number of para-hydroxylation sites is 1. The second-order valence-corrected chi connectivity index (χ2v) is 5.42. The first-order chi connectivity index (χ1) is 11.9. The molecule has 5 nitrogen and oxygen atoms in total. The molecule has 0 aliphatic heterocycles. The van der Waals surface area contributed by atoms with Crippen LogP contribution in [0, 0.1) is 11.6 Å². The van der Waals surface area contributed by atoms with Gasteiger partial charge in [-0.05, 0) is 30.3 Å². The molecule has 0 atom stereocenters. The number of carbonyl (C=O) groups excluding carboxylic acids is 2. The summed E-state index contributed by atoms with van der Waals surface area (Å²) in [5.41, 5.74) is 0.250. The highest BCUT2D eigenvalue weighted by atomic mass is 35.5. The van der Waals surface area contributed by atoms with E-state index in [1.807, 2.05) is 0 Å². The van der Waals surface area contributed by atoms with E-state index in [1.54, 1.807) is 0 Å². The Labute approximate surface area is 147 Å². The van der Waals surface area contributed by atoms with Crippen molar-refractivity contribution >= 4 is 34.9 Å². The molecule has 0 saturated heterocycles. The first-order valence-electron chi connectivity index (χ1n) is 7.28. The molecule has 1 amide bonds. The number of halogens is 3. The number of benzene rings is 2. The van der Waals surface area contributed by atoms with Crippen LogP contribution in [-0.2, 0) is 9.53 Å². The average molecular weight is 369 g/mol. The smallest absolute Gasteiger partial charge is 0.337 e. The van der Waals surface area contributed by atoms with Crippen LogP contribution in [0.3, 0.4) is 0 Å². The zero-order valence-corrected chi connectivity index (χ0v) is 14.0. The Balaban J connectivity index is 1.94. The lowest BCUT2D eigenvalue weighted by atomic mass is 10.2. The van der Waals surface area contributed by atoms with Gasteiger partial charge in [0.1, 0.15) is 17.3 Å². The Kier molecular flexibility index (Phi) is 6.30. The maximum atomic E-state index is 13.5. The van der Waals surface area contributed by atoms with Gasteiger partial charge in [0.2, 0.25) is 5.91 Å². The van der Waals surface area contributed by atoms with E-state index < -0.39 is 29.2 Å². The van der Waals surface area contributed by atoms with E-state index in [1.165, 1.54) is 31.4 Å². The van der Waals surface area contributed by atoms with Crippen LogP contribution in [0.5, 0.6) is 0 Å². The average Bonchev–Trinajstić information content (AvgIpc) is 2.59. The highest BCUT2D eigenvalue weighted by Crippen LogP contribution is 2.23. The van der Waals surface area contributed by atoms with Crippen LogP contribution in [0.15, 0.2) is 36.4 Å². The van der Waals surface area contributed by atoms with E-state index in [-0.39, 0.29) is 13.0 Å². The third-order valence-corrected chi connectivity index (χ3v) is 3.61. The van der Waals surface area contributed by atoms with E-state index in [9.17, 15) is 18.4 Å². The Hall–Kier alpha value is -2.67. The van der Waals surface area contributed by atoms with Crippen molar-refractivity contribution in [3.05, 3.63) is 58.6 Å². The summed E-state index contributed by atoms with van der Waals surface area (Å²) < 4.78 is 31.6. The van der Waals surface area contributed by atoms with E-state index in [4.69, 9.17) is 11.6 Å². The number of rotatable bonds is 6. The summed E-state index contributed by atoms with van der Waals surface area (Å²) in [5.74, 6) is -2.80. The SMILES string of the molecule is COC(=O)c1ccc(Cl)c(NCCC(=O)Nc2c(F)cccc2F)c1. The molecule has 2 aromatic carbocycles. The molecule has 132 valence electrons. The fourth-order valence-electron chi connectivity index (χ4n) is 2.04. The summed E-state index contributed by atoms with van der Waals surface area (Å²) in [5, 5.41) is 5.43. The topological polar surface area (TPSA) is 67.4 Å². The van der Waals surface area contributed by atoms with Gasteiger partial charge >= 0.3 is 5.97 Å². The third-order valence-electron chi connectivity index (χ3n) is 3.28. The molecule has 0 aliphatic rings. The van der Waals surface area contributed by atoms with Crippen LogP contribution in [0.2, 0.25) is 5.02 Å². The number of nitrogens with one attached hydrogen (secondary N) is 2. The molecule has 0 bridgehead atoms. The van der Waals surface area contributed by atoms with Gasteiger partial charge in [0.05, 0.1) is 23.4 Å². The summed E-state index contributed by atoms with van der Waals surface area (Å²) in [6.45, 7) is 0.145. The van der Waals surface area contributed by atoms with Gasteiger partial charge in [-0.1, -0.05) is 17.7 Å². The fraction of sp³-hybridized carbons (Fsp3) is 0.176. The predicted molar refractivity (Wildman–Crippen MR) is 90.9 cm³/mol. The van der Waals surface area contributed by atoms with Crippen LogP contribution in [0.1, 0.15) is 16.8 Å². The number of methoxy groups -OCH3 is 1. The molecule has 2 rings (SSSR count). The summed E-state index contributed by atoms with van der Waals surface area (Å²) in [6, 6.07) is 7.82. The van der Waals surface area contributed by atoms with Gasteiger partial charge in [0.25, 0.3) is 0 Å². The van der Waals surface area contributed by atoms with Crippen molar-refractivity contribution in [1.82, 2.24) is 0 Å². The molecule has 0 fully saturated rings. The van der Waals surface area contributed by atoms with E-state index in [0.29, 0.717) is 16.3 Å². The maximum absolute atomic E-state index is 13.5. The molecule has 8 heteroatoms. The lowest BCUT2D eigenvalue weighted by molar-refractivity contribution is -0.116. The first kappa shape index (κ1) is 18.7. The molecule has 0 saturated carbocycles. The van der Waals surface area contributed by atoms with Gasteiger partial charge in [0, 0.05) is 13.0 Å². The van der Waals surface area contributed by atoms with Crippen LogP contribution >= 0.6 is 11.6 Å². The molecule has 0 radical (unpaired) electrons. The van der Waals surface area contributed by atoms with Gasteiger partial charge in [-0.15, -0.1) is 0 Å². The number of ether oxygens (including phenoxy) is 1. The zero-order chi connectivity index (χ0) is 18.4. The number of carbonyl (C=O) groups is 2. The fourth-order valence-corrected chi connectivity index (χ4v) is 2.22. The number of esters is 1. The van der Waals surface area contributed by atoms with Crippen LogP contribution in [0.4, 0.5) is 20.2 Å². The van der Waals surface area contributed by atoms with E-state index >= 15 is 0 Å². The number of hydrogen-bond donors (Lipinski definition) is 2. The third kappa shape index (κ3) is 4.90. The predicted octanol–water partition coefficient (Wildman–Crippen LogP) is 3.85. The highest BCUT2D eigenvalue weighted by molar-refractivity contribution is 6.33. The maximum Gasteiger partial charge on any atom is 0.337 e. The Morgan fingerprint density at radius 1 is 1.16 bits per heavy atom. The lowest BCUT2D eigenvalue weighted by Gasteiger charge is -2.11.